The summed E-state index contributed by atoms with van der Waals surface area (Å²) in [6.45, 7) is 13.8. The van der Waals surface area contributed by atoms with Gasteiger partial charge in [0.25, 0.3) is 12.2 Å². The van der Waals surface area contributed by atoms with Gasteiger partial charge in [0, 0.05) is 18.7 Å². The summed E-state index contributed by atoms with van der Waals surface area (Å²) in [7, 11) is 1.32. The van der Waals surface area contributed by atoms with Crippen LogP contribution in [0.5, 0.6) is 0 Å². The fourth-order valence-electron chi connectivity index (χ4n) is 2.28. The van der Waals surface area contributed by atoms with Crippen LogP contribution in [0.3, 0.4) is 0 Å². The van der Waals surface area contributed by atoms with Crippen molar-refractivity contribution >= 4 is 5.91 Å². The molecule has 0 aromatic carbocycles. The first-order valence-corrected chi connectivity index (χ1v) is 8.21. The van der Waals surface area contributed by atoms with Gasteiger partial charge in [-0.3, -0.25) is 4.79 Å². The number of hydrogen-bond donors (Lipinski definition) is 0. The standard InChI is InChI=1S/C14H23NO.C2H3NO.C2H6/c1-4-12(5-2)13(6-3)14(16)15-10-8-7-9-11-15;1-4-2-3;1-2/h6H,3-5,7-11H2,1-2H3;1H3;1-2H3. The number of carbonyl (C=O) groups is 1. The van der Waals surface area contributed by atoms with Crippen LogP contribution in [-0.2, 0) is 9.53 Å². The molecular formula is C18H32N2O2. The minimum Gasteiger partial charge on any atom is -0.431 e. The van der Waals surface area contributed by atoms with Gasteiger partial charge in [-0.05, 0) is 32.1 Å². The van der Waals surface area contributed by atoms with Crippen molar-refractivity contribution < 1.29 is 9.53 Å². The van der Waals surface area contributed by atoms with Crippen LogP contribution in [-0.4, -0.2) is 31.0 Å². The second kappa shape index (κ2) is 15.6. The number of likely N-dealkylation sites (tertiary alicyclic amines) is 1. The summed E-state index contributed by atoms with van der Waals surface area (Å²) in [6.07, 6.45) is 8.59. The van der Waals surface area contributed by atoms with E-state index in [1.807, 2.05) is 18.7 Å². The van der Waals surface area contributed by atoms with Crippen LogP contribution in [0.15, 0.2) is 23.8 Å². The lowest BCUT2D eigenvalue weighted by molar-refractivity contribution is -0.127. The monoisotopic (exact) mass is 308 g/mol. The van der Waals surface area contributed by atoms with E-state index in [-0.39, 0.29) is 5.91 Å². The zero-order chi connectivity index (χ0) is 17.4. The second-order valence-electron chi connectivity index (χ2n) is 4.58. The minimum absolute atomic E-state index is 0.188. The van der Waals surface area contributed by atoms with Gasteiger partial charge in [0.05, 0.1) is 7.11 Å². The first kappa shape index (κ1) is 22.5. The maximum absolute atomic E-state index is 12.3. The minimum atomic E-state index is 0.188. The fraction of sp³-hybridized carbons (Fsp3) is 0.667. The highest BCUT2D eigenvalue weighted by atomic mass is 16.5. The Morgan fingerprint density at radius 2 is 1.68 bits per heavy atom. The highest BCUT2D eigenvalue weighted by Gasteiger charge is 2.20. The zero-order valence-corrected chi connectivity index (χ0v) is 14.9. The van der Waals surface area contributed by atoms with Crippen LogP contribution in [0.25, 0.3) is 0 Å². The van der Waals surface area contributed by atoms with Gasteiger partial charge in [-0.2, -0.15) is 5.26 Å². The van der Waals surface area contributed by atoms with E-state index in [0.29, 0.717) is 0 Å². The number of hydrogen-bond acceptors (Lipinski definition) is 3. The summed E-state index contributed by atoms with van der Waals surface area (Å²) in [5.74, 6) is 0.188. The first-order chi connectivity index (χ1) is 10.7. The van der Waals surface area contributed by atoms with Crippen LogP contribution in [0, 0.1) is 11.5 Å². The van der Waals surface area contributed by atoms with Gasteiger partial charge in [-0.15, -0.1) is 0 Å². The average Bonchev–Trinajstić information content (AvgIpc) is 2.61. The molecular weight excluding hydrogens is 276 g/mol. The predicted molar refractivity (Wildman–Crippen MR) is 92.2 cm³/mol. The molecule has 4 nitrogen and oxygen atoms in total. The summed E-state index contributed by atoms with van der Waals surface area (Å²) in [6, 6.07) is 0. The van der Waals surface area contributed by atoms with Crippen molar-refractivity contribution in [3.8, 4) is 6.26 Å². The topological polar surface area (TPSA) is 53.3 Å². The van der Waals surface area contributed by atoms with Gasteiger partial charge in [0.15, 0.2) is 0 Å². The Labute approximate surface area is 136 Å². The molecule has 0 unspecified atom stereocenters. The van der Waals surface area contributed by atoms with Crippen molar-refractivity contribution in [1.82, 2.24) is 4.90 Å². The molecule has 22 heavy (non-hydrogen) atoms. The molecule has 0 atom stereocenters. The van der Waals surface area contributed by atoms with Crippen LogP contribution >= 0.6 is 0 Å². The van der Waals surface area contributed by atoms with E-state index in [9.17, 15) is 4.79 Å². The number of nitrogens with zero attached hydrogens (tertiary/aromatic N) is 2. The van der Waals surface area contributed by atoms with E-state index in [4.69, 9.17) is 5.26 Å². The number of ether oxygens (including phenoxy) is 1. The lowest BCUT2D eigenvalue weighted by atomic mass is 10.0. The molecule has 126 valence electrons. The van der Waals surface area contributed by atoms with Crippen molar-refractivity contribution in [3.63, 3.8) is 0 Å². The van der Waals surface area contributed by atoms with Crippen LogP contribution in [0.1, 0.15) is 59.8 Å². The van der Waals surface area contributed by atoms with Gasteiger partial charge < -0.3 is 9.64 Å². The molecule has 0 N–H and O–H groups in total. The number of piperidine rings is 1. The smallest absolute Gasteiger partial charge is 0.286 e. The molecule has 1 amide bonds. The molecule has 1 saturated heterocycles. The van der Waals surface area contributed by atoms with E-state index >= 15 is 0 Å². The molecule has 4 heteroatoms. The summed E-state index contributed by atoms with van der Waals surface area (Å²) in [4.78, 5) is 14.3. The number of methoxy groups -OCH3 is 1. The van der Waals surface area contributed by atoms with Crippen molar-refractivity contribution in [2.75, 3.05) is 20.2 Å². The number of nitriles is 1. The van der Waals surface area contributed by atoms with Gasteiger partial charge in [0.2, 0.25) is 0 Å². The SMILES string of the molecule is C=CC(C(=O)N1CCCCC1)=C(CC)CC.CC.COC#N. The highest BCUT2D eigenvalue weighted by Crippen LogP contribution is 2.18. The molecule has 0 saturated carbocycles. The third-order valence-corrected chi connectivity index (χ3v) is 3.40. The largest absolute Gasteiger partial charge is 0.431 e. The molecule has 0 aromatic rings. The Bertz CT molecular complexity index is 369. The van der Waals surface area contributed by atoms with Crippen LogP contribution in [0.4, 0.5) is 0 Å². The molecule has 0 aliphatic carbocycles. The zero-order valence-electron chi connectivity index (χ0n) is 14.9. The Morgan fingerprint density at radius 1 is 1.23 bits per heavy atom. The molecule has 1 heterocycles. The van der Waals surface area contributed by atoms with Crippen molar-refractivity contribution in [2.45, 2.75) is 59.8 Å². The molecule has 1 fully saturated rings. The average molecular weight is 308 g/mol. The van der Waals surface area contributed by atoms with E-state index in [0.717, 1.165) is 44.3 Å². The third kappa shape index (κ3) is 8.51. The van der Waals surface area contributed by atoms with Crippen molar-refractivity contribution in [3.05, 3.63) is 23.8 Å². The predicted octanol–water partition coefficient (Wildman–Crippen LogP) is 4.44. The van der Waals surface area contributed by atoms with E-state index in [1.54, 1.807) is 6.08 Å². The Kier molecular flexibility index (Phi) is 16.0. The summed E-state index contributed by atoms with van der Waals surface area (Å²) in [5.41, 5.74) is 2.07. The maximum Gasteiger partial charge on any atom is 0.286 e. The van der Waals surface area contributed by atoms with Gasteiger partial charge in [0.1, 0.15) is 0 Å². The lowest BCUT2D eigenvalue weighted by Gasteiger charge is -2.27. The molecule has 1 aliphatic heterocycles. The van der Waals surface area contributed by atoms with E-state index in [1.165, 1.54) is 25.4 Å². The molecule has 1 rings (SSSR count). The maximum atomic E-state index is 12.3. The summed E-state index contributed by atoms with van der Waals surface area (Å²) >= 11 is 0. The highest BCUT2D eigenvalue weighted by molar-refractivity contribution is 5.96. The van der Waals surface area contributed by atoms with Crippen molar-refractivity contribution in [2.24, 2.45) is 0 Å². The van der Waals surface area contributed by atoms with E-state index < -0.39 is 0 Å². The Morgan fingerprint density at radius 3 is 2.00 bits per heavy atom. The second-order valence-corrected chi connectivity index (χ2v) is 4.58. The van der Waals surface area contributed by atoms with Gasteiger partial charge in [-0.1, -0.05) is 45.9 Å². The lowest BCUT2D eigenvalue weighted by Crippen LogP contribution is -2.36. The van der Waals surface area contributed by atoms with Crippen LogP contribution in [0.2, 0.25) is 0 Å². The molecule has 0 spiro atoms. The van der Waals surface area contributed by atoms with Gasteiger partial charge >= 0.3 is 0 Å². The summed E-state index contributed by atoms with van der Waals surface area (Å²) < 4.78 is 3.85. The third-order valence-electron chi connectivity index (χ3n) is 3.40. The normalized spacial score (nSPS) is 12.5. The van der Waals surface area contributed by atoms with Crippen LogP contribution < -0.4 is 0 Å². The van der Waals surface area contributed by atoms with Gasteiger partial charge in [-0.25, -0.2) is 0 Å². The van der Waals surface area contributed by atoms with E-state index in [2.05, 4.69) is 25.2 Å². The first-order valence-electron chi connectivity index (χ1n) is 8.21. The Hall–Kier alpha value is -1.76. The number of amides is 1. The fourth-order valence-corrected chi connectivity index (χ4v) is 2.28. The van der Waals surface area contributed by atoms with Crippen molar-refractivity contribution in [1.29, 1.82) is 5.26 Å². The molecule has 0 aromatic heterocycles. The molecule has 0 bridgehead atoms. The number of carbonyl (C=O) groups excluding carboxylic acids is 1. The molecule has 1 aliphatic rings. The summed E-state index contributed by atoms with van der Waals surface area (Å²) in [5, 5.41) is 7.40. The quantitative estimate of drug-likeness (QED) is 0.438. The Balaban J connectivity index is 0. The number of allylic oxidation sites excluding steroid dienone is 1. The number of rotatable bonds is 4. The molecule has 0 radical (unpaired) electrons.